The predicted octanol–water partition coefficient (Wildman–Crippen LogP) is 5.89. The highest BCUT2D eigenvalue weighted by Gasteiger charge is 2.28. The van der Waals surface area contributed by atoms with Crippen molar-refractivity contribution in [2.24, 2.45) is 0 Å². The van der Waals surface area contributed by atoms with Crippen molar-refractivity contribution >= 4 is 85.9 Å². The molecule has 0 spiro atoms. The van der Waals surface area contributed by atoms with Crippen molar-refractivity contribution in [3.8, 4) is 5.75 Å². The molecule has 6 nitrogen and oxygen atoms in total. The van der Waals surface area contributed by atoms with E-state index in [4.69, 9.17) is 40.2 Å². The number of nitrogens with one attached hydrogen (secondary N) is 1. The summed E-state index contributed by atoms with van der Waals surface area (Å²) >= 11 is 20.1. The number of hydrogen-bond acceptors (Lipinski definition) is 7. The first-order valence-electron chi connectivity index (χ1n) is 9.92. The number of hydrogen-bond donors (Lipinski definition) is 1. The third-order valence-corrected chi connectivity index (χ3v) is 7.99. The van der Waals surface area contributed by atoms with Crippen molar-refractivity contribution in [1.29, 1.82) is 0 Å². The number of aromatic nitrogens is 1. The molecule has 1 N–H and O–H groups in total. The van der Waals surface area contributed by atoms with Gasteiger partial charge in [-0.15, -0.1) is 11.3 Å². The van der Waals surface area contributed by atoms with Crippen LogP contribution >= 0.6 is 58.5 Å². The van der Waals surface area contributed by atoms with E-state index in [0.717, 1.165) is 16.0 Å². The quantitative estimate of drug-likeness (QED) is 0.292. The van der Waals surface area contributed by atoms with Gasteiger partial charge in [-0.1, -0.05) is 71.4 Å². The Morgan fingerprint density at radius 2 is 2.00 bits per heavy atom. The Balaban J connectivity index is 1.29. The number of carbonyl (C=O) groups is 2. The van der Waals surface area contributed by atoms with Crippen LogP contribution in [0.1, 0.15) is 16.0 Å². The predicted molar refractivity (Wildman–Crippen MR) is 143 cm³/mol. The van der Waals surface area contributed by atoms with Gasteiger partial charge in [-0.2, -0.15) is 0 Å². The Bertz CT molecular complexity index is 1290. The summed E-state index contributed by atoms with van der Waals surface area (Å²) in [4.78, 5) is 31.6. The second-order valence-corrected chi connectivity index (χ2v) is 10.7. The standard InChI is InChI=1S/C23H17Cl2N3O3S3/c1-28-21(30)18(34-23(28)32)9-13-5-7-15(8-6-13)31-12-19(29)27-22-26-11-16(33-22)10-14-3-2-4-17(24)20(14)25/h2-9,11H,10,12H2,1H3,(H,26,27,29)/b18-9-. The van der Waals surface area contributed by atoms with Crippen LogP contribution in [0, 0.1) is 0 Å². The van der Waals surface area contributed by atoms with Gasteiger partial charge in [0.2, 0.25) is 0 Å². The number of rotatable bonds is 7. The monoisotopic (exact) mass is 549 g/mol. The van der Waals surface area contributed by atoms with Crippen LogP contribution in [0.4, 0.5) is 5.13 Å². The van der Waals surface area contributed by atoms with E-state index in [-0.39, 0.29) is 18.4 Å². The van der Waals surface area contributed by atoms with Gasteiger partial charge >= 0.3 is 0 Å². The van der Waals surface area contributed by atoms with Crippen LogP contribution < -0.4 is 10.1 Å². The molecule has 1 fully saturated rings. The molecule has 174 valence electrons. The maximum Gasteiger partial charge on any atom is 0.265 e. The van der Waals surface area contributed by atoms with Crippen LogP contribution in [0.15, 0.2) is 53.6 Å². The summed E-state index contributed by atoms with van der Waals surface area (Å²) in [5, 5.41) is 4.23. The molecule has 11 heteroatoms. The first kappa shape index (κ1) is 24.7. The molecule has 0 radical (unpaired) electrons. The van der Waals surface area contributed by atoms with E-state index < -0.39 is 0 Å². The van der Waals surface area contributed by atoms with E-state index in [0.29, 0.717) is 36.6 Å². The molecule has 0 bridgehead atoms. The minimum atomic E-state index is -0.322. The molecule has 0 saturated carbocycles. The summed E-state index contributed by atoms with van der Waals surface area (Å²) in [5.41, 5.74) is 1.73. The number of likely N-dealkylation sites (N-methyl/N-ethyl adjacent to an activating group) is 1. The molecule has 3 aromatic rings. The number of anilines is 1. The number of benzene rings is 2. The van der Waals surface area contributed by atoms with Crippen LogP contribution in [0.5, 0.6) is 5.75 Å². The zero-order chi connectivity index (χ0) is 24.2. The summed E-state index contributed by atoms with van der Waals surface area (Å²) in [6.45, 7) is -0.164. The highest BCUT2D eigenvalue weighted by molar-refractivity contribution is 8.26. The van der Waals surface area contributed by atoms with Crippen molar-refractivity contribution in [2.45, 2.75) is 6.42 Å². The number of thioether (sulfide) groups is 1. The molecule has 2 aromatic carbocycles. The zero-order valence-corrected chi connectivity index (χ0v) is 21.7. The minimum Gasteiger partial charge on any atom is -0.484 e. The van der Waals surface area contributed by atoms with Crippen LogP contribution in [-0.4, -0.2) is 39.7 Å². The molecule has 2 amide bonds. The van der Waals surface area contributed by atoms with E-state index in [2.05, 4.69) is 10.3 Å². The lowest BCUT2D eigenvalue weighted by Gasteiger charge is -2.06. The van der Waals surface area contributed by atoms with Crippen molar-refractivity contribution in [3.63, 3.8) is 0 Å². The molecule has 1 saturated heterocycles. The third-order valence-electron chi connectivity index (χ3n) is 4.73. The van der Waals surface area contributed by atoms with Crippen molar-refractivity contribution in [2.75, 3.05) is 19.0 Å². The smallest absolute Gasteiger partial charge is 0.265 e. The molecule has 0 atom stereocenters. The minimum absolute atomic E-state index is 0.118. The fourth-order valence-corrected chi connectivity index (χ4v) is 5.40. The van der Waals surface area contributed by atoms with Crippen molar-refractivity contribution < 1.29 is 14.3 Å². The lowest BCUT2D eigenvalue weighted by molar-refractivity contribution is -0.121. The average Bonchev–Trinajstić information content (AvgIpc) is 3.35. The van der Waals surface area contributed by atoms with Crippen LogP contribution in [0.2, 0.25) is 10.0 Å². The highest BCUT2D eigenvalue weighted by Crippen LogP contribution is 2.32. The first-order chi connectivity index (χ1) is 16.3. The van der Waals surface area contributed by atoms with Gasteiger partial charge in [0.1, 0.15) is 10.1 Å². The third kappa shape index (κ3) is 5.97. The molecule has 0 aliphatic carbocycles. The van der Waals surface area contributed by atoms with Gasteiger partial charge in [0.15, 0.2) is 11.7 Å². The van der Waals surface area contributed by atoms with Crippen LogP contribution in [-0.2, 0) is 16.0 Å². The Morgan fingerprint density at radius 3 is 2.71 bits per heavy atom. The Labute approximate surface area is 219 Å². The summed E-state index contributed by atoms with van der Waals surface area (Å²) in [5.74, 6) is 0.0937. The highest BCUT2D eigenvalue weighted by atomic mass is 35.5. The molecular weight excluding hydrogens is 533 g/mol. The molecular formula is C23H17Cl2N3O3S3. The molecule has 4 rings (SSSR count). The van der Waals surface area contributed by atoms with E-state index in [9.17, 15) is 9.59 Å². The number of thiazole rings is 1. The second-order valence-electron chi connectivity index (χ2n) is 7.17. The van der Waals surface area contributed by atoms with Gasteiger partial charge in [0.05, 0.1) is 15.0 Å². The van der Waals surface area contributed by atoms with Gasteiger partial charge < -0.3 is 4.74 Å². The SMILES string of the molecule is CN1C(=O)/C(=C/c2ccc(OCC(=O)Nc3ncc(Cc4cccc(Cl)c4Cl)s3)cc2)SC1=S. The summed E-state index contributed by atoms with van der Waals surface area (Å²) < 4.78 is 6.09. The molecule has 1 aliphatic rings. The first-order valence-corrected chi connectivity index (χ1v) is 12.7. The number of thiocarbonyl (C=S) groups is 1. The second kappa shape index (κ2) is 10.9. The number of amides is 2. The van der Waals surface area contributed by atoms with E-state index in [1.54, 1.807) is 37.5 Å². The van der Waals surface area contributed by atoms with Gasteiger partial charge in [0, 0.05) is 24.5 Å². The fourth-order valence-electron chi connectivity index (χ4n) is 2.98. The summed E-state index contributed by atoms with van der Waals surface area (Å²) in [6.07, 6.45) is 4.04. The van der Waals surface area contributed by atoms with Gasteiger partial charge in [-0.25, -0.2) is 4.98 Å². The Hall–Kier alpha value is -2.43. The van der Waals surface area contributed by atoms with Crippen molar-refractivity contribution in [1.82, 2.24) is 9.88 Å². The zero-order valence-electron chi connectivity index (χ0n) is 17.7. The topological polar surface area (TPSA) is 71.5 Å². The molecule has 34 heavy (non-hydrogen) atoms. The van der Waals surface area contributed by atoms with E-state index in [1.165, 1.54) is 28.0 Å². The van der Waals surface area contributed by atoms with E-state index >= 15 is 0 Å². The maximum absolute atomic E-state index is 12.3. The largest absolute Gasteiger partial charge is 0.484 e. The average molecular weight is 551 g/mol. The Morgan fingerprint density at radius 1 is 1.24 bits per heavy atom. The van der Waals surface area contributed by atoms with E-state index in [1.807, 2.05) is 24.3 Å². The lowest BCUT2D eigenvalue weighted by Crippen LogP contribution is -2.22. The van der Waals surface area contributed by atoms with Gasteiger partial charge in [-0.3, -0.25) is 19.8 Å². The molecule has 1 aliphatic heterocycles. The fraction of sp³-hybridized carbons (Fsp3) is 0.130. The van der Waals surface area contributed by atoms with Gasteiger partial charge in [0.25, 0.3) is 11.8 Å². The van der Waals surface area contributed by atoms with Crippen LogP contribution in [0.25, 0.3) is 6.08 Å². The maximum atomic E-state index is 12.3. The Kier molecular flexibility index (Phi) is 7.90. The number of halogens is 2. The summed E-state index contributed by atoms with van der Waals surface area (Å²) in [7, 11) is 1.65. The molecule has 1 aromatic heterocycles. The van der Waals surface area contributed by atoms with Crippen LogP contribution in [0.3, 0.4) is 0 Å². The molecule has 0 unspecified atom stereocenters. The van der Waals surface area contributed by atoms with Gasteiger partial charge in [-0.05, 0) is 35.4 Å². The number of nitrogens with zero attached hydrogens (tertiary/aromatic N) is 2. The number of ether oxygens (including phenoxy) is 1. The normalized spacial score (nSPS) is 14.7. The number of carbonyl (C=O) groups excluding carboxylic acids is 2. The van der Waals surface area contributed by atoms with Crippen molar-refractivity contribution in [3.05, 3.63) is 79.6 Å². The summed E-state index contributed by atoms with van der Waals surface area (Å²) in [6, 6.07) is 12.6. The molecule has 2 heterocycles. The lowest BCUT2D eigenvalue weighted by atomic mass is 10.1.